The van der Waals surface area contributed by atoms with Crippen molar-refractivity contribution in [2.75, 3.05) is 6.54 Å². The van der Waals surface area contributed by atoms with Crippen LogP contribution in [0, 0.1) is 11.7 Å². The van der Waals surface area contributed by atoms with Crippen LogP contribution in [0.5, 0.6) is 0 Å². The molecule has 0 aliphatic carbocycles. The summed E-state index contributed by atoms with van der Waals surface area (Å²) >= 11 is 9.47. The minimum atomic E-state index is -0.240. The molecule has 0 heterocycles. The van der Waals surface area contributed by atoms with Gasteiger partial charge in [0.25, 0.3) is 0 Å². The molecule has 0 spiro atoms. The Bertz CT molecular complexity index is 588. The van der Waals surface area contributed by atoms with E-state index in [0.717, 1.165) is 29.0 Å². The number of nitrogens with two attached hydrogens (primary N) is 1. The zero-order valence-corrected chi connectivity index (χ0v) is 13.3. The fourth-order valence-electron chi connectivity index (χ4n) is 2.23. The van der Waals surface area contributed by atoms with E-state index in [0.29, 0.717) is 11.0 Å². The van der Waals surface area contributed by atoms with Crippen LogP contribution >= 0.6 is 27.5 Å². The van der Waals surface area contributed by atoms with Crippen LogP contribution in [0.15, 0.2) is 46.9 Å². The molecule has 1 nitrogen and oxygen atoms in total. The third kappa shape index (κ3) is 3.81. The van der Waals surface area contributed by atoms with E-state index in [1.165, 1.54) is 6.07 Å². The molecular weight excluding hydrogens is 341 g/mol. The van der Waals surface area contributed by atoms with Gasteiger partial charge >= 0.3 is 0 Å². The Balaban J connectivity index is 2.14. The van der Waals surface area contributed by atoms with Crippen molar-refractivity contribution in [3.63, 3.8) is 0 Å². The topological polar surface area (TPSA) is 26.0 Å². The lowest BCUT2D eigenvalue weighted by atomic mass is 9.92. The monoisotopic (exact) mass is 355 g/mol. The van der Waals surface area contributed by atoms with Gasteiger partial charge in [-0.25, -0.2) is 4.39 Å². The van der Waals surface area contributed by atoms with Crippen LogP contribution in [-0.2, 0) is 12.8 Å². The fourth-order valence-corrected chi connectivity index (χ4v) is 2.87. The molecule has 2 N–H and O–H groups in total. The average Bonchev–Trinajstić information content (AvgIpc) is 2.45. The Kier molecular flexibility index (Phi) is 5.58. The van der Waals surface area contributed by atoms with Gasteiger partial charge in [0.05, 0.1) is 4.47 Å². The van der Waals surface area contributed by atoms with E-state index in [9.17, 15) is 4.39 Å². The van der Waals surface area contributed by atoms with Gasteiger partial charge in [-0.3, -0.25) is 0 Å². The van der Waals surface area contributed by atoms with Gasteiger partial charge in [0.1, 0.15) is 5.82 Å². The summed E-state index contributed by atoms with van der Waals surface area (Å²) in [5.74, 6) is -0.0102. The average molecular weight is 357 g/mol. The molecule has 0 fully saturated rings. The number of rotatable bonds is 5. The van der Waals surface area contributed by atoms with Gasteiger partial charge in [0.15, 0.2) is 0 Å². The second kappa shape index (κ2) is 7.21. The van der Waals surface area contributed by atoms with Crippen molar-refractivity contribution in [2.45, 2.75) is 12.8 Å². The summed E-state index contributed by atoms with van der Waals surface area (Å²) in [4.78, 5) is 0. The SMILES string of the molecule is NCC(Cc1ccccc1Cl)Cc1cccc(F)c1Br. The van der Waals surface area contributed by atoms with E-state index in [4.69, 9.17) is 17.3 Å². The summed E-state index contributed by atoms with van der Waals surface area (Å²) in [6, 6.07) is 12.8. The third-order valence-corrected chi connectivity index (χ3v) is 4.60. The maximum atomic E-state index is 13.5. The van der Waals surface area contributed by atoms with Crippen molar-refractivity contribution in [2.24, 2.45) is 11.7 Å². The molecule has 2 aromatic carbocycles. The highest BCUT2D eigenvalue weighted by molar-refractivity contribution is 9.10. The van der Waals surface area contributed by atoms with Gasteiger partial charge in [-0.2, -0.15) is 0 Å². The summed E-state index contributed by atoms with van der Waals surface area (Å²) in [5.41, 5.74) is 7.87. The molecule has 1 atom stereocenters. The van der Waals surface area contributed by atoms with Gasteiger partial charge in [-0.15, -0.1) is 0 Å². The van der Waals surface area contributed by atoms with E-state index in [1.54, 1.807) is 6.07 Å². The highest BCUT2D eigenvalue weighted by atomic mass is 79.9. The van der Waals surface area contributed by atoms with E-state index in [-0.39, 0.29) is 11.7 Å². The van der Waals surface area contributed by atoms with Crippen LogP contribution in [0.2, 0.25) is 5.02 Å². The Morgan fingerprint density at radius 1 is 1.05 bits per heavy atom. The van der Waals surface area contributed by atoms with Crippen molar-refractivity contribution >= 4 is 27.5 Å². The van der Waals surface area contributed by atoms with Crippen molar-refractivity contribution in [3.05, 3.63) is 68.9 Å². The molecule has 0 aromatic heterocycles. The lowest BCUT2D eigenvalue weighted by molar-refractivity contribution is 0.528. The number of benzene rings is 2. The molecule has 20 heavy (non-hydrogen) atoms. The lowest BCUT2D eigenvalue weighted by Gasteiger charge is -2.17. The van der Waals surface area contributed by atoms with Crippen LogP contribution in [0.3, 0.4) is 0 Å². The minimum absolute atomic E-state index is 0.230. The van der Waals surface area contributed by atoms with Crippen LogP contribution in [0.1, 0.15) is 11.1 Å². The lowest BCUT2D eigenvalue weighted by Crippen LogP contribution is -2.19. The molecular formula is C16H16BrClFN. The second-order valence-corrected chi connectivity index (χ2v) is 6.01. The third-order valence-electron chi connectivity index (χ3n) is 3.34. The first-order valence-corrected chi connectivity index (χ1v) is 7.65. The minimum Gasteiger partial charge on any atom is -0.330 e. The first kappa shape index (κ1) is 15.5. The number of hydrogen-bond donors (Lipinski definition) is 1. The smallest absolute Gasteiger partial charge is 0.137 e. The normalized spacial score (nSPS) is 12.4. The van der Waals surface area contributed by atoms with Gasteiger partial charge in [-0.1, -0.05) is 41.9 Å². The van der Waals surface area contributed by atoms with Gasteiger partial charge < -0.3 is 5.73 Å². The van der Waals surface area contributed by atoms with Crippen molar-refractivity contribution < 1.29 is 4.39 Å². The van der Waals surface area contributed by atoms with E-state index >= 15 is 0 Å². The van der Waals surface area contributed by atoms with Gasteiger partial charge in [0, 0.05) is 5.02 Å². The summed E-state index contributed by atoms with van der Waals surface area (Å²) in [6.45, 7) is 0.536. The van der Waals surface area contributed by atoms with E-state index in [1.807, 2.05) is 30.3 Å². The quantitative estimate of drug-likeness (QED) is 0.832. The molecule has 0 aliphatic heterocycles. The summed E-state index contributed by atoms with van der Waals surface area (Å²) in [6.07, 6.45) is 1.51. The molecule has 0 aliphatic rings. The predicted octanol–water partition coefficient (Wildman–Crippen LogP) is 4.60. The Hall–Kier alpha value is -0.900. The van der Waals surface area contributed by atoms with Gasteiger partial charge in [0.2, 0.25) is 0 Å². The van der Waals surface area contributed by atoms with Crippen molar-refractivity contribution in [1.29, 1.82) is 0 Å². The first-order valence-electron chi connectivity index (χ1n) is 6.48. The van der Waals surface area contributed by atoms with Gasteiger partial charge in [-0.05, 0) is 64.5 Å². The Labute approximate surface area is 132 Å². The summed E-state index contributed by atoms with van der Waals surface area (Å²) in [7, 11) is 0. The summed E-state index contributed by atoms with van der Waals surface area (Å²) < 4.78 is 14.1. The van der Waals surface area contributed by atoms with Crippen LogP contribution in [0.4, 0.5) is 4.39 Å². The highest BCUT2D eigenvalue weighted by Crippen LogP contribution is 2.25. The van der Waals surface area contributed by atoms with Crippen molar-refractivity contribution in [3.8, 4) is 0 Å². The second-order valence-electron chi connectivity index (χ2n) is 4.81. The number of hydrogen-bond acceptors (Lipinski definition) is 1. The zero-order valence-electron chi connectivity index (χ0n) is 11.0. The van der Waals surface area contributed by atoms with Crippen LogP contribution in [0.25, 0.3) is 0 Å². The molecule has 2 rings (SSSR count). The van der Waals surface area contributed by atoms with Crippen LogP contribution in [-0.4, -0.2) is 6.54 Å². The molecule has 0 saturated heterocycles. The highest BCUT2D eigenvalue weighted by Gasteiger charge is 2.14. The molecule has 1 unspecified atom stereocenters. The predicted molar refractivity (Wildman–Crippen MR) is 85.5 cm³/mol. The molecule has 4 heteroatoms. The summed E-state index contributed by atoms with van der Waals surface area (Å²) in [5, 5.41) is 0.754. The molecule has 0 saturated carbocycles. The fraction of sp³-hybridized carbons (Fsp3) is 0.250. The number of halogens is 3. The Morgan fingerprint density at radius 2 is 1.70 bits per heavy atom. The molecule has 0 bridgehead atoms. The van der Waals surface area contributed by atoms with Crippen LogP contribution < -0.4 is 5.73 Å². The Morgan fingerprint density at radius 3 is 2.40 bits per heavy atom. The van der Waals surface area contributed by atoms with E-state index in [2.05, 4.69) is 15.9 Å². The first-order chi connectivity index (χ1) is 9.61. The van der Waals surface area contributed by atoms with E-state index < -0.39 is 0 Å². The molecule has 0 amide bonds. The maximum Gasteiger partial charge on any atom is 0.137 e. The molecule has 106 valence electrons. The molecule has 0 radical (unpaired) electrons. The molecule has 2 aromatic rings. The zero-order chi connectivity index (χ0) is 14.5. The standard InChI is InChI=1S/C16H16BrClFN/c17-16-13(5-3-7-15(16)19)9-11(10-20)8-12-4-1-2-6-14(12)18/h1-7,11H,8-10,20H2. The maximum absolute atomic E-state index is 13.5. The van der Waals surface area contributed by atoms with Crippen molar-refractivity contribution in [1.82, 2.24) is 0 Å². The largest absolute Gasteiger partial charge is 0.330 e.